The van der Waals surface area contributed by atoms with Crippen LogP contribution in [-0.2, 0) is 0 Å². The number of benzene rings is 2. The first-order valence-electron chi connectivity index (χ1n) is 8.00. The lowest BCUT2D eigenvalue weighted by Crippen LogP contribution is -2.19. The van der Waals surface area contributed by atoms with E-state index in [9.17, 15) is 10.5 Å². The SMILES string of the molecule is COc1ccc(C2C(C#N)=CN(c3ccc(OC)cc3)C=C2C#N)cc1. The van der Waals surface area contributed by atoms with E-state index in [-0.39, 0.29) is 5.92 Å². The highest BCUT2D eigenvalue weighted by Crippen LogP contribution is 2.37. The molecule has 1 aliphatic rings. The van der Waals surface area contributed by atoms with E-state index in [0.29, 0.717) is 11.1 Å². The van der Waals surface area contributed by atoms with Crippen LogP contribution in [0.2, 0.25) is 0 Å². The third-order valence-electron chi connectivity index (χ3n) is 4.26. The minimum Gasteiger partial charge on any atom is -0.497 e. The van der Waals surface area contributed by atoms with E-state index < -0.39 is 0 Å². The third kappa shape index (κ3) is 3.24. The summed E-state index contributed by atoms with van der Waals surface area (Å²) in [5.74, 6) is 1.09. The van der Waals surface area contributed by atoms with E-state index in [1.54, 1.807) is 31.5 Å². The number of nitriles is 2. The van der Waals surface area contributed by atoms with Crippen molar-refractivity contribution in [3.8, 4) is 23.6 Å². The summed E-state index contributed by atoms with van der Waals surface area (Å²) in [7, 11) is 3.21. The molecule has 0 N–H and O–H groups in total. The first-order valence-corrected chi connectivity index (χ1v) is 8.00. The molecule has 0 fully saturated rings. The van der Waals surface area contributed by atoms with Gasteiger partial charge in [0.1, 0.15) is 11.5 Å². The fraction of sp³-hybridized carbons (Fsp3) is 0.143. The number of ether oxygens (including phenoxy) is 2. The lowest BCUT2D eigenvalue weighted by Gasteiger charge is -2.27. The van der Waals surface area contributed by atoms with E-state index >= 15 is 0 Å². The van der Waals surface area contributed by atoms with Crippen molar-refractivity contribution in [2.75, 3.05) is 19.1 Å². The van der Waals surface area contributed by atoms with Gasteiger partial charge in [0.2, 0.25) is 0 Å². The molecule has 0 spiro atoms. The Labute approximate surface area is 152 Å². The highest BCUT2D eigenvalue weighted by molar-refractivity contribution is 5.63. The summed E-state index contributed by atoms with van der Waals surface area (Å²) >= 11 is 0. The molecule has 0 amide bonds. The lowest BCUT2D eigenvalue weighted by molar-refractivity contribution is 0.414. The maximum atomic E-state index is 9.66. The van der Waals surface area contributed by atoms with Crippen LogP contribution in [0.25, 0.3) is 0 Å². The van der Waals surface area contributed by atoms with Crippen molar-refractivity contribution < 1.29 is 9.47 Å². The fourth-order valence-corrected chi connectivity index (χ4v) is 2.90. The molecule has 3 rings (SSSR count). The molecule has 0 atom stereocenters. The molecule has 5 nitrogen and oxygen atoms in total. The van der Waals surface area contributed by atoms with Gasteiger partial charge in [-0.1, -0.05) is 12.1 Å². The van der Waals surface area contributed by atoms with Crippen LogP contribution >= 0.6 is 0 Å². The third-order valence-corrected chi connectivity index (χ3v) is 4.26. The van der Waals surface area contributed by atoms with Gasteiger partial charge in [-0.05, 0) is 42.0 Å². The van der Waals surface area contributed by atoms with Crippen LogP contribution in [0.4, 0.5) is 5.69 Å². The smallest absolute Gasteiger partial charge is 0.119 e. The Hall–Kier alpha value is -3.70. The molecule has 0 bridgehead atoms. The summed E-state index contributed by atoms with van der Waals surface area (Å²) in [5, 5.41) is 19.3. The lowest BCUT2D eigenvalue weighted by atomic mass is 9.84. The zero-order valence-electron chi connectivity index (χ0n) is 14.5. The quantitative estimate of drug-likeness (QED) is 0.835. The first kappa shape index (κ1) is 17.1. The van der Waals surface area contributed by atoms with E-state index in [4.69, 9.17) is 9.47 Å². The number of allylic oxidation sites excluding steroid dienone is 2. The summed E-state index contributed by atoms with van der Waals surface area (Å²) in [4.78, 5) is 1.79. The molecule has 0 saturated carbocycles. The molecular weight excluding hydrogens is 326 g/mol. The average molecular weight is 343 g/mol. The number of nitrogens with zero attached hydrogens (tertiary/aromatic N) is 3. The molecule has 2 aromatic rings. The second kappa shape index (κ2) is 7.46. The minimum absolute atomic E-state index is 0.384. The molecule has 26 heavy (non-hydrogen) atoms. The van der Waals surface area contributed by atoms with Crippen LogP contribution in [0.3, 0.4) is 0 Å². The fourth-order valence-electron chi connectivity index (χ4n) is 2.90. The Morgan fingerprint density at radius 2 is 1.23 bits per heavy atom. The molecule has 0 unspecified atom stereocenters. The number of hydrogen-bond acceptors (Lipinski definition) is 5. The van der Waals surface area contributed by atoms with Crippen molar-refractivity contribution >= 4 is 5.69 Å². The van der Waals surface area contributed by atoms with Crippen LogP contribution < -0.4 is 14.4 Å². The van der Waals surface area contributed by atoms with Crippen molar-refractivity contribution in [2.24, 2.45) is 0 Å². The Bertz CT molecular complexity index is 897. The van der Waals surface area contributed by atoms with Crippen molar-refractivity contribution in [1.82, 2.24) is 0 Å². The molecule has 0 aromatic heterocycles. The van der Waals surface area contributed by atoms with Crippen LogP contribution in [0, 0.1) is 22.7 Å². The molecular formula is C21H17N3O2. The normalized spacial score (nSPS) is 13.9. The summed E-state index contributed by atoms with van der Waals surface area (Å²) < 4.78 is 10.3. The van der Waals surface area contributed by atoms with Gasteiger partial charge in [-0.2, -0.15) is 10.5 Å². The first-order chi connectivity index (χ1) is 12.7. The molecule has 0 saturated heterocycles. The van der Waals surface area contributed by atoms with Gasteiger partial charge in [0.05, 0.1) is 43.4 Å². The van der Waals surface area contributed by atoms with Gasteiger partial charge in [0, 0.05) is 18.1 Å². The Morgan fingerprint density at radius 1 is 0.769 bits per heavy atom. The molecule has 0 aliphatic carbocycles. The number of methoxy groups -OCH3 is 2. The van der Waals surface area contributed by atoms with Crippen LogP contribution in [0.15, 0.2) is 72.1 Å². The highest BCUT2D eigenvalue weighted by atomic mass is 16.5. The average Bonchev–Trinajstić information content (AvgIpc) is 2.72. The van der Waals surface area contributed by atoms with E-state index in [2.05, 4.69) is 12.1 Å². The van der Waals surface area contributed by atoms with E-state index in [0.717, 1.165) is 22.7 Å². The molecule has 2 aromatic carbocycles. The van der Waals surface area contributed by atoms with Gasteiger partial charge in [0.15, 0.2) is 0 Å². The molecule has 128 valence electrons. The predicted molar refractivity (Wildman–Crippen MR) is 98.6 cm³/mol. The van der Waals surface area contributed by atoms with E-state index in [1.807, 2.05) is 48.5 Å². The summed E-state index contributed by atoms with van der Waals surface area (Å²) in [6.07, 6.45) is 3.52. The Balaban J connectivity index is 1.99. The van der Waals surface area contributed by atoms with Crippen molar-refractivity contribution in [3.05, 3.63) is 77.6 Å². The largest absolute Gasteiger partial charge is 0.497 e. The van der Waals surface area contributed by atoms with Gasteiger partial charge >= 0.3 is 0 Å². The van der Waals surface area contributed by atoms with Gasteiger partial charge in [-0.15, -0.1) is 0 Å². The van der Waals surface area contributed by atoms with Crippen LogP contribution in [0.1, 0.15) is 11.5 Å². The summed E-state index contributed by atoms with van der Waals surface area (Å²) in [5.41, 5.74) is 2.73. The van der Waals surface area contributed by atoms with E-state index in [1.165, 1.54) is 0 Å². The maximum absolute atomic E-state index is 9.66. The highest BCUT2D eigenvalue weighted by Gasteiger charge is 2.27. The molecule has 0 radical (unpaired) electrons. The topological polar surface area (TPSA) is 69.3 Å². The second-order valence-corrected chi connectivity index (χ2v) is 5.70. The predicted octanol–water partition coefficient (Wildman–Crippen LogP) is 4.12. The van der Waals surface area contributed by atoms with Crippen molar-refractivity contribution in [3.63, 3.8) is 0 Å². The Morgan fingerprint density at radius 3 is 1.65 bits per heavy atom. The number of hydrogen-bond donors (Lipinski definition) is 0. The standard InChI is InChI=1S/C21H17N3O2/c1-25-19-7-3-15(4-8-19)21-16(11-22)13-24(14-17(21)12-23)18-5-9-20(26-2)10-6-18/h3-10,13-14,21H,1-2H3. The van der Waals surface area contributed by atoms with Gasteiger partial charge in [-0.25, -0.2) is 0 Å². The zero-order valence-corrected chi connectivity index (χ0v) is 14.5. The minimum atomic E-state index is -0.384. The zero-order chi connectivity index (χ0) is 18.5. The number of anilines is 1. The Kier molecular flexibility index (Phi) is 4.92. The summed E-state index contributed by atoms with van der Waals surface area (Å²) in [6.45, 7) is 0. The summed E-state index contributed by atoms with van der Waals surface area (Å²) in [6, 6.07) is 19.3. The van der Waals surface area contributed by atoms with Crippen molar-refractivity contribution in [2.45, 2.75) is 5.92 Å². The molecule has 5 heteroatoms. The molecule has 1 heterocycles. The second-order valence-electron chi connectivity index (χ2n) is 5.70. The van der Waals surface area contributed by atoms with Crippen LogP contribution in [-0.4, -0.2) is 14.2 Å². The van der Waals surface area contributed by atoms with Gasteiger partial charge in [-0.3, -0.25) is 0 Å². The monoisotopic (exact) mass is 343 g/mol. The van der Waals surface area contributed by atoms with Crippen LogP contribution in [0.5, 0.6) is 11.5 Å². The van der Waals surface area contributed by atoms with Gasteiger partial charge in [0.25, 0.3) is 0 Å². The number of rotatable bonds is 4. The molecule has 1 aliphatic heterocycles. The van der Waals surface area contributed by atoms with Gasteiger partial charge < -0.3 is 14.4 Å². The van der Waals surface area contributed by atoms with Crippen molar-refractivity contribution in [1.29, 1.82) is 10.5 Å². The maximum Gasteiger partial charge on any atom is 0.119 e.